The molecule has 0 aliphatic rings. The summed E-state index contributed by atoms with van der Waals surface area (Å²) in [6.07, 6.45) is 0. The van der Waals surface area contributed by atoms with Gasteiger partial charge in [0, 0.05) is 23.8 Å². The second-order valence-corrected chi connectivity index (χ2v) is 5.31. The summed E-state index contributed by atoms with van der Waals surface area (Å²) in [5.41, 5.74) is 3.20. The zero-order valence-electron chi connectivity index (χ0n) is 12.3. The van der Waals surface area contributed by atoms with Crippen molar-refractivity contribution in [1.29, 1.82) is 0 Å². The van der Waals surface area contributed by atoms with Gasteiger partial charge >= 0.3 is 0 Å². The molecule has 0 saturated carbocycles. The third kappa shape index (κ3) is 3.47. The van der Waals surface area contributed by atoms with Crippen LogP contribution in [0.3, 0.4) is 0 Å². The van der Waals surface area contributed by atoms with Gasteiger partial charge in [0.1, 0.15) is 0 Å². The number of ketones is 1. The van der Waals surface area contributed by atoms with Crippen LogP contribution in [0.5, 0.6) is 0 Å². The van der Waals surface area contributed by atoms with E-state index in [4.69, 9.17) is 0 Å². The first-order valence-corrected chi connectivity index (χ1v) is 6.99. The molecule has 2 aromatic rings. The van der Waals surface area contributed by atoms with Crippen LogP contribution in [0.4, 0.5) is 5.69 Å². The highest BCUT2D eigenvalue weighted by Crippen LogP contribution is 2.21. The first-order chi connectivity index (χ1) is 9.58. The standard InChI is InChI=1S/C18H21NO/c1-14(2)19(13-16-7-5-4-6-8-16)18-11-9-17(10-12-18)15(3)20/h4-12,14H,13H2,1-3H3. The van der Waals surface area contributed by atoms with Crippen LogP contribution < -0.4 is 4.90 Å². The van der Waals surface area contributed by atoms with Gasteiger partial charge in [0.2, 0.25) is 0 Å². The summed E-state index contributed by atoms with van der Waals surface area (Å²) in [4.78, 5) is 13.7. The molecule has 104 valence electrons. The average Bonchev–Trinajstić information content (AvgIpc) is 2.45. The van der Waals surface area contributed by atoms with Gasteiger partial charge in [-0.3, -0.25) is 4.79 Å². The van der Waals surface area contributed by atoms with Crippen molar-refractivity contribution in [3.05, 3.63) is 65.7 Å². The molecule has 0 saturated heterocycles. The SMILES string of the molecule is CC(=O)c1ccc(N(Cc2ccccc2)C(C)C)cc1. The molecule has 0 heterocycles. The van der Waals surface area contributed by atoms with E-state index in [0.717, 1.165) is 17.8 Å². The van der Waals surface area contributed by atoms with E-state index < -0.39 is 0 Å². The van der Waals surface area contributed by atoms with E-state index in [1.54, 1.807) is 6.92 Å². The minimum atomic E-state index is 0.107. The van der Waals surface area contributed by atoms with Crippen molar-refractivity contribution in [3.8, 4) is 0 Å². The third-order valence-corrected chi connectivity index (χ3v) is 3.42. The number of carbonyl (C=O) groups is 1. The number of rotatable bonds is 5. The van der Waals surface area contributed by atoms with Crippen LogP contribution in [-0.2, 0) is 6.54 Å². The Labute approximate surface area is 121 Å². The highest BCUT2D eigenvalue weighted by atomic mass is 16.1. The summed E-state index contributed by atoms with van der Waals surface area (Å²) < 4.78 is 0. The Kier molecular flexibility index (Phi) is 4.57. The largest absolute Gasteiger partial charge is 0.365 e. The molecular formula is C18H21NO. The van der Waals surface area contributed by atoms with Crippen molar-refractivity contribution < 1.29 is 4.79 Å². The zero-order valence-corrected chi connectivity index (χ0v) is 12.3. The van der Waals surface area contributed by atoms with E-state index in [-0.39, 0.29) is 5.78 Å². The van der Waals surface area contributed by atoms with Crippen LogP contribution in [0.25, 0.3) is 0 Å². The van der Waals surface area contributed by atoms with Gasteiger partial charge < -0.3 is 4.90 Å². The molecule has 0 aliphatic carbocycles. The number of benzene rings is 2. The maximum absolute atomic E-state index is 11.3. The second kappa shape index (κ2) is 6.38. The molecule has 0 unspecified atom stereocenters. The van der Waals surface area contributed by atoms with E-state index in [1.807, 2.05) is 30.3 Å². The number of Topliss-reactive ketones (excluding diaryl/α,β-unsaturated/α-hetero) is 1. The Morgan fingerprint density at radius 3 is 2.10 bits per heavy atom. The van der Waals surface area contributed by atoms with Crippen LogP contribution in [0, 0.1) is 0 Å². The monoisotopic (exact) mass is 267 g/mol. The van der Waals surface area contributed by atoms with Gasteiger partial charge in [-0.25, -0.2) is 0 Å². The van der Waals surface area contributed by atoms with Crippen LogP contribution in [0.2, 0.25) is 0 Å². The van der Waals surface area contributed by atoms with Gasteiger partial charge in [-0.2, -0.15) is 0 Å². The van der Waals surface area contributed by atoms with Gasteiger partial charge in [0.05, 0.1) is 0 Å². The maximum Gasteiger partial charge on any atom is 0.159 e. The zero-order chi connectivity index (χ0) is 14.5. The number of anilines is 1. The lowest BCUT2D eigenvalue weighted by atomic mass is 10.1. The molecule has 0 radical (unpaired) electrons. The molecule has 2 heteroatoms. The fourth-order valence-electron chi connectivity index (χ4n) is 2.24. The summed E-state index contributed by atoms with van der Waals surface area (Å²) in [6.45, 7) is 6.83. The lowest BCUT2D eigenvalue weighted by molar-refractivity contribution is 0.101. The Hall–Kier alpha value is -2.09. The summed E-state index contributed by atoms with van der Waals surface area (Å²) in [7, 11) is 0. The average molecular weight is 267 g/mol. The van der Waals surface area contributed by atoms with Crippen molar-refractivity contribution in [3.63, 3.8) is 0 Å². The molecule has 0 bridgehead atoms. The Morgan fingerprint density at radius 1 is 1.00 bits per heavy atom. The van der Waals surface area contributed by atoms with Gasteiger partial charge in [-0.05, 0) is 50.6 Å². The van der Waals surface area contributed by atoms with Crippen LogP contribution in [0.15, 0.2) is 54.6 Å². The van der Waals surface area contributed by atoms with E-state index >= 15 is 0 Å². The molecule has 0 fully saturated rings. The van der Waals surface area contributed by atoms with Crippen LogP contribution in [0.1, 0.15) is 36.7 Å². The fraction of sp³-hybridized carbons (Fsp3) is 0.278. The van der Waals surface area contributed by atoms with Crippen molar-refractivity contribution in [2.45, 2.75) is 33.4 Å². The molecule has 2 aromatic carbocycles. The summed E-state index contributed by atoms with van der Waals surface area (Å²) in [6, 6.07) is 18.7. The number of hydrogen-bond donors (Lipinski definition) is 0. The molecule has 2 nitrogen and oxygen atoms in total. The van der Waals surface area contributed by atoms with Crippen molar-refractivity contribution in [2.24, 2.45) is 0 Å². The van der Waals surface area contributed by atoms with E-state index in [1.165, 1.54) is 5.56 Å². The highest BCUT2D eigenvalue weighted by Gasteiger charge is 2.11. The number of carbonyl (C=O) groups excluding carboxylic acids is 1. The second-order valence-electron chi connectivity index (χ2n) is 5.31. The molecule has 0 amide bonds. The Balaban J connectivity index is 2.22. The molecule has 0 atom stereocenters. The summed E-state index contributed by atoms with van der Waals surface area (Å²) in [5.74, 6) is 0.107. The quantitative estimate of drug-likeness (QED) is 0.753. The predicted octanol–water partition coefficient (Wildman–Crippen LogP) is 4.30. The van der Waals surface area contributed by atoms with Crippen LogP contribution in [-0.4, -0.2) is 11.8 Å². The number of hydrogen-bond acceptors (Lipinski definition) is 2. The van der Waals surface area contributed by atoms with Gasteiger partial charge in [-0.15, -0.1) is 0 Å². The highest BCUT2D eigenvalue weighted by molar-refractivity contribution is 5.94. The van der Waals surface area contributed by atoms with Crippen molar-refractivity contribution in [2.75, 3.05) is 4.90 Å². The minimum absolute atomic E-state index is 0.107. The Morgan fingerprint density at radius 2 is 1.60 bits per heavy atom. The normalized spacial score (nSPS) is 10.6. The van der Waals surface area contributed by atoms with E-state index in [2.05, 4.69) is 43.0 Å². The van der Waals surface area contributed by atoms with Crippen LogP contribution >= 0.6 is 0 Å². The van der Waals surface area contributed by atoms with E-state index in [9.17, 15) is 4.79 Å². The molecule has 0 aromatic heterocycles. The topological polar surface area (TPSA) is 20.3 Å². The maximum atomic E-state index is 11.3. The lowest BCUT2D eigenvalue weighted by Gasteiger charge is -2.29. The molecule has 2 rings (SSSR count). The first kappa shape index (κ1) is 14.3. The van der Waals surface area contributed by atoms with Gasteiger partial charge in [0.15, 0.2) is 5.78 Å². The fourth-order valence-corrected chi connectivity index (χ4v) is 2.24. The summed E-state index contributed by atoms with van der Waals surface area (Å²) >= 11 is 0. The molecule has 0 spiro atoms. The van der Waals surface area contributed by atoms with E-state index in [0.29, 0.717) is 6.04 Å². The van der Waals surface area contributed by atoms with Gasteiger partial charge in [-0.1, -0.05) is 30.3 Å². The molecule has 0 N–H and O–H groups in total. The van der Waals surface area contributed by atoms with Crippen molar-refractivity contribution >= 4 is 11.5 Å². The number of nitrogens with zero attached hydrogens (tertiary/aromatic N) is 1. The van der Waals surface area contributed by atoms with Gasteiger partial charge in [0.25, 0.3) is 0 Å². The molecule has 20 heavy (non-hydrogen) atoms. The lowest BCUT2D eigenvalue weighted by Crippen LogP contribution is -2.30. The Bertz CT molecular complexity index is 558. The third-order valence-electron chi connectivity index (χ3n) is 3.42. The smallest absolute Gasteiger partial charge is 0.159 e. The molecular weight excluding hydrogens is 246 g/mol. The summed E-state index contributed by atoms with van der Waals surface area (Å²) in [5, 5.41) is 0. The predicted molar refractivity (Wildman–Crippen MR) is 84.2 cm³/mol. The molecule has 0 aliphatic heterocycles. The first-order valence-electron chi connectivity index (χ1n) is 6.99. The van der Waals surface area contributed by atoms with Crippen molar-refractivity contribution in [1.82, 2.24) is 0 Å². The minimum Gasteiger partial charge on any atom is -0.365 e.